The maximum Gasteiger partial charge on any atom is 0.407 e. The van der Waals surface area contributed by atoms with Crippen molar-refractivity contribution in [3.05, 3.63) is 83.4 Å². The summed E-state index contributed by atoms with van der Waals surface area (Å²) in [6, 6.07) is 19.2. The highest BCUT2D eigenvalue weighted by molar-refractivity contribution is 5.98. The summed E-state index contributed by atoms with van der Waals surface area (Å²) in [6.07, 6.45) is 1.25. The van der Waals surface area contributed by atoms with Crippen molar-refractivity contribution in [1.29, 1.82) is 0 Å². The normalized spacial score (nSPS) is 15.9. The molecule has 0 bridgehead atoms. The average Bonchev–Trinajstić information content (AvgIpc) is 3.71. The summed E-state index contributed by atoms with van der Waals surface area (Å²) >= 11 is 0. The van der Waals surface area contributed by atoms with E-state index >= 15 is 0 Å². The summed E-state index contributed by atoms with van der Waals surface area (Å²) < 4.78 is 5.21. The molecule has 0 spiro atoms. The molecule has 296 valence electrons. The van der Waals surface area contributed by atoms with Gasteiger partial charge < -0.3 is 36.4 Å². The minimum Gasteiger partial charge on any atom is -0.465 e. The molecule has 0 saturated heterocycles. The molecule has 1 saturated carbocycles. The fourth-order valence-electron chi connectivity index (χ4n) is 6.52. The molecule has 1 heterocycles. The molecule has 16 nitrogen and oxygen atoms in total. The molecule has 16 heteroatoms. The first-order valence-electron chi connectivity index (χ1n) is 18.6. The molecule has 3 aromatic carbocycles. The molecule has 1 atom stereocenters. The van der Waals surface area contributed by atoms with E-state index in [0.717, 1.165) is 22.3 Å². The van der Waals surface area contributed by atoms with Crippen molar-refractivity contribution in [3.63, 3.8) is 0 Å². The second-order valence-electron chi connectivity index (χ2n) is 14.9. The van der Waals surface area contributed by atoms with Crippen LogP contribution in [0, 0.1) is 18.8 Å². The van der Waals surface area contributed by atoms with E-state index in [4.69, 9.17) is 9.84 Å². The standard InChI is InChI=1S/C40H49N9O7/c1-24-21-30(35(50)41-19-20-42-39(55)56-40(2,3)4)15-18-32(24)27-9-5-25(6-10-27)22-33(45-36(51)29-11-7-26(8-12-29)23-43-38(53)54)37(52)44-31-16-13-28(14-17-31)34-46-48-49-47-34/h5-6,9-10,13-18,21,26,29,33,43H,7-8,11-12,19-20,22-23H2,1-4H3,(H,41,50)(H,42,55)(H,44,52)(H,45,51)(H,53,54)(H,46,47,48,49)/t26?,29?,33-/m0/s1. The van der Waals surface area contributed by atoms with Crippen LogP contribution in [-0.4, -0.2) is 86.9 Å². The first-order chi connectivity index (χ1) is 26.7. The van der Waals surface area contributed by atoms with Crippen LogP contribution in [0.25, 0.3) is 22.5 Å². The number of aromatic amines is 1. The van der Waals surface area contributed by atoms with E-state index in [9.17, 15) is 24.0 Å². The van der Waals surface area contributed by atoms with E-state index in [0.29, 0.717) is 54.9 Å². The predicted molar refractivity (Wildman–Crippen MR) is 209 cm³/mol. The van der Waals surface area contributed by atoms with Crippen LogP contribution in [-0.2, 0) is 20.7 Å². The number of amides is 5. The van der Waals surface area contributed by atoms with Crippen LogP contribution in [0.2, 0.25) is 0 Å². The lowest BCUT2D eigenvalue weighted by molar-refractivity contribution is -0.130. The monoisotopic (exact) mass is 767 g/mol. The van der Waals surface area contributed by atoms with Crippen LogP contribution < -0.4 is 26.6 Å². The van der Waals surface area contributed by atoms with Gasteiger partial charge >= 0.3 is 12.2 Å². The van der Waals surface area contributed by atoms with Crippen molar-refractivity contribution in [2.75, 3.05) is 25.0 Å². The van der Waals surface area contributed by atoms with Crippen molar-refractivity contribution >= 4 is 35.6 Å². The molecule has 4 aromatic rings. The number of carbonyl (C=O) groups is 5. The van der Waals surface area contributed by atoms with Gasteiger partial charge in [-0.2, -0.15) is 5.21 Å². The Balaban J connectivity index is 1.22. The smallest absolute Gasteiger partial charge is 0.407 e. The number of rotatable bonds is 14. The van der Waals surface area contributed by atoms with Crippen LogP contribution in [0.1, 0.15) is 67.9 Å². The quantitative estimate of drug-likeness (QED) is 0.0864. The number of benzene rings is 3. The van der Waals surface area contributed by atoms with E-state index in [1.807, 2.05) is 37.3 Å². The van der Waals surface area contributed by atoms with Gasteiger partial charge in [0.2, 0.25) is 17.6 Å². The zero-order valence-corrected chi connectivity index (χ0v) is 32.0. The minimum absolute atomic E-state index is 0.167. The maximum atomic E-state index is 13.7. The van der Waals surface area contributed by atoms with Crippen LogP contribution >= 0.6 is 0 Å². The molecule has 1 aliphatic rings. The van der Waals surface area contributed by atoms with Gasteiger partial charge in [0.25, 0.3) is 5.91 Å². The van der Waals surface area contributed by atoms with Crippen molar-refractivity contribution in [3.8, 4) is 22.5 Å². The Kier molecular flexibility index (Phi) is 13.7. The number of ether oxygens (including phenoxy) is 1. The number of nitrogens with one attached hydrogen (secondary N) is 6. The van der Waals surface area contributed by atoms with Crippen molar-refractivity contribution in [2.24, 2.45) is 11.8 Å². The van der Waals surface area contributed by atoms with Crippen LogP contribution in [0.15, 0.2) is 66.7 Å². The molecule has 1 fully saturated rings. The van der Waals surface area contributed by atoms with Gasteiger partial charge in [-0.25, -0.2) is 9.59 Å². The number of aromatic nitrogens is 4. The molecule has 56 heavy (non-hydrogen) atoms. The number of alkyl carbamates (subject to hydrolysis) is 1. The molecule has 0 radical (unpaired) electrons. The summed E-state index contributed by atoms with van der Waals surface area (Å²) in [5, 5.41) is 36.7. The molecular formula is C40H49N9O7. The van der Waals surface area contributed by atoms with Crippen molar-refractivity contribution in [2.45, 2.75) is 71.4 Å². The van der Waals surface area contributed by atoms with Gasteiger partial charge in [-0.15, -0.1) is 10.2 Å². The zero-order valence-electron chi connectivity index (χ0n) is 32.0. The van der Waals surface area contributed by atoms with Gasteiger partial charge in [0.15, 0.2) is 0 Å². The van der Waals surface area contributed by atoms with Gasteiger partial charge in [0, 0.05) is 48.8 Å². The second kappa shape index (κ2) is 18.8. The molecule has 5 rings (SSSR count). The zero-order chi connectivity index (χ0) is 40.2. The van der Waals surface area contributed by atoms with Gasteiger partial charge in [0.05, 0.1) is 0 Å². The number of hydrogen-bond acceptors (Lipinski definition) is 9. The van der Waals surface area contributed by atoms with E-state index in [2.05, 4.69) is 47.2 Å². The summed E-state index contributed by atoms with van der Waals surface area (Å²) in [5.74, 6) is -0.552. The Bertz CT molecular complexity index is 1970. The third kappa shape index (κ3) is 12.1. The highest BCUT2D eigenvalue weighted by Gasteiger charge is 2.30. The van der Waals surface area contributed by atoms with Crippen molar-refractivity contribution in [1.82, 2.24) is 41.9 Å². The van der Waals surface area contributed by atoms with E-state index in [-0.39, 0.29) is 49.1 Å². The minimum atomic E-state index is -1.06. The van der Waals surface area contributed by atoms with Crippen molar-refractivity contribution < 1.29 is 33.8 Å². The van der Waals surface area contributed by atoms with E-state index in [1.54, 1.807) is 57.2 Å². The summed E-state index contributed by atoms with van der Waals surface area (Å²) in [7, 11) is 0. The van der Waals surface area contributed by atoms with Gasteiger partial charge in [-0.1, -0.05) is 30.3 Å². The lowest BCUT2D eigenvalue weighted by Gasteiger charge is -2.29. The van der Waals surface area contributed by atoms with Crippen LogP contribution in [0.5, 0.6) is 0 Å². The Morgan fingerprint density at radius 2 is 1.55 bits per heavy atom. The fourth-order valence-corrected chi connectivity index (χ4v) is 6.52. The largest absolute Gasteiger partial charge is 0.465 e. The molecule has 5 amide bonds. The summed E-state index contributed by atoms with van der Waals surface area (Å²) in [5.41, 5.74) is 4.70. The van der Waals surface area contributed by atoms with E-state index < -0.39 is 23.8 Å². The SMILES string of the molecule is Cc1cc(C(=O)NCCNC(=O)OC(C)(C)C)ccc1-c1ccc(C[C@H](NC(=O)C2CCC(CNC(=O)O)CC2)C(=O)Nc2ccc(-c3nn[nH]n3)cc2)cc1. The Morgan fingerprint density at radius 1 is 0.875 bits per heavy atom. The van der Waals surface area contributed by atoms with E-state index in [1.165, 1.54) is 0 Å². The average molecular weight is 768 g/mol. The highest BCUT2D eigenvalue weighted by Crippen LogP contribution is 2.29. The molecule has 7 N–H and O–H groups in total. The van der Waals surface area contributed by atoms with Gasteiger partial charge in [-0.05, 0) is 123 Å². The molecule has 1 aliphatic carbocycles. The number of tetrazole rings is 1. The molecular weight excluding hydrogens is 718 g/mol. The lowest BCUT2D eigenvalue weighted by atomic mass is 9.81. The Hall–Kier alpha value is -6.32. The number of hydrogen-bond donors (Lipinski definition) is 7. The van der Waals surface area contributed by atoms with Gasteiger partial charge in [-0.3, -0.25) is 14.4 Å². The number of H-pyrrole nitrogens is 1. The second-order valence-corrected chi connectivity index (χ2v) is 14.9. The number of aryl methyl sites for hydroxylation is 1. The number of nitrogens with zero attached hydrogens (tertiary/aromatic N) is 3. The maximum absolute atomic E-state index is 13.7. The predicted octanol–water partition coefficient (Wildman–Crippen LogP) is 4.84. The first-order valence-corrected chi connectivity index (χ1v) is 18.6. The fraction of sp³-hybridized carbons (Fsp3) is 0.400. The number of carbonyl (C=O) groups excluding carboxylic acids is 4. The Morgan fingerprint density at radius 3 is 2.18 bits per heavy atom. The molecule has 0 unspecified atom stereocenters. The highest BCUT2D eigenvalue weighted by atomic mass is 16.6. The topological polar surface area (TPSA) is 229 Å². The lowest BCUT2D eigenvalue weighted by Crippen LogP contribution is -2.48. The third-order valence-electron chi connectivity index (χ3n) is 9.42. The molecule has 1 aromatic heterocycles. The summed E-state index contributed by atoms with van der Waals surface area (Å²) in [4.78, 5) is 62.8. The first kappa shape index (κ1) is 40.9. The Labute approximate surface area is 324 Å². The summed E-state index contributed by atoms with van der Waals surface area (Å²) in [6.45, 7) is 8.06. The number of carboxylic acid groups (broad SMARTS) is 1. The van der Waals surface area contributed by atoms with Crippen LogP contribution in [0.3, 0.4) is 0 Å². The van der Waals surface area contributed by atoms with Crippen LogP contribution in [0.4, 0.5) is 15.3 Å². The molecule has 0 aliphatic heterocycles. The number of anilines is 1. The van der Waals surface area contributed by atoms with Gasteiger partial charge in [0.1, 0.15) is 11.6 Å². The third-order valence-corrected chi connectivity index (χ3v) is 9.42.